The number of hydrogen-bond acceptors (Lipinski definition) is 4. The molecule has 1 N–H and O–H groups in total. The zero-order valence-electron chi connectivity index (χ0n) is 18.5. The van der Waals surface area contributed by atoms with Gasteiger partial charge < -0.3 is 14.6 Å². The molecule has 0 radical (unpaired) electrons. The van der Waals surface area contributed by atoms with Gasteiger partial charge in [-0.15, -0.1) is 0 Å². The fourth-order valence-electron chi connectivity index (χ4n) is 4.75. The molecule has 0 spiro atoms. The van der Waals surface area contributed by atoms with Crippen LogP contribution in [-0.2, 0) is 11.2 Å². The normalized spacial score (nSPS) is 18.2. The van der Waals surface area contributed by atoms with E-state index >= 15 is 4.39 Å². The second-order valence-corrected chi connectivity index (χ2v) is 8.88. The molecule has 1 saturated carbocycles. The van der Waals surface area contributed by atoms with Gasteiger partial charge in [-0.2, -0.15) is 0 Å². The van der Waals surface area contributed by atoms with E-state index in [1.165, 1.54) is 6.07 Å². The third-order valence-electron chi connectivity index (χ3n) is 6.67. The van der Waals surface area contributed by atoms with Crippen molar-refractivity contribution in [3.63, 3.8) is 0 Å². The van der Waals surface area contributed by atoms with Crippen LogP contribution in [0.4, 0.5) is 4.39 Å². The van der Waals surface area contributed by atoms with Gasteiger partial charge in [0.05, 0.1) is 13.5 Å². The summed E-state index contributed by atoms with van der Waals surface area (Å²) in [6.45, 7) is 0. The first-order valence-electron chi connectivity index (χ1n) is 11.3. The molecule has 2 aromatic carbocycles. The Kier molecular flexibility index (Phi) is 5.75. The van der Waals surface area contributed by atoms with Gasteiger partial charge in [0, 0.05) is 17.8 Å². The number of fused-ring (bicyclic) bond motifs is 1. The average Bonchev–Trinajstić information content (AvgIpc) is 3.67. The largest absolute Gasteiger partial charge is 0.485 e. The van der Waals surface area contributed by atoms with Gasteiger partial charge in [0.1, 0.15) is 17.7 Å². The molecule has 0 amide bonds. The summed E-state index contributed by atoms with van der Waals surface area (Å²) in [7, 11) is 1.55. The number of nitrogens with zero attached hydrogens (tertiary/aromatic N) is 1. The number of halogens is 1. The molecule has 33 heavy (non-hydrogen) atoms. The van der Waals surface area contributed by atoms with E-state index in [0.717, 1.165) is 47.3 Å². The number of carboxylic acids is 1. The van der Waals surface area contributed by atoms with E-state index in [0.29, 0.717) is 23.8 Å². The zero-order chi connectivity index (χ0) is 22.9. The highest BCUT2D eigenvalue weighted by Crippen LogP contribution is 2.46. The van der Waals surface area contributed by atoms with E-state index in [2.05, 4.69) is 4.98 Å². The second kappa shape index (κ2) is 8.85. The molecule has 3 aromatic rings. The van der Waals surface area contributed by atoms with Crippen molar-refractivity contribution in [1.82, 2.24) is 4.98 Å². The number of rotatable bonds is 7. The molecule has 6 heteroatoms. The molecule has 5 rings (SSSR count). The number of aromatic nitrogens is 1. The van der Waals surface area contributed by atoms with E-state index < -0.39 is 5.97 Å². The predicted molar refractivity (Wildman–Crippen MR) is 122 cm³/mol. The minimum Gasteiger partial charge on any atom is -0.485 e. The fraction of sp³-hybridized carbons (Fsp3) is 0.333. The first kappa shape index (κ1) is 21.4. The molecule has 1 fully saturated rings. The first-order valence-corrected chi connectivity index (χ1v) is 11.3. The number of aryl methyl sites for hydroxylation is 1. The summed E-state index contributed by atoms with van der Waals surface area (Å²) in [5, 5.41) is 9.33. The lowest BCUT2D eigenvalue weighted by molar-refractivity contribution is -0.137. The zero-order valence-corrected chi connectivity index (χ0v) is 18.5. The maximum Gasteiger partial charge on any atom is 0.303 e. The molecule has 0 saturated heterocycles. The average molecular weight is 448 g/mol. The van der Waals surface area contributed by atoms with Gasteiger partial charge in [0.15, 0.2) is 0 Å². The number of carboxylic acid groups (broad SMARTS) is 1. The van der Waals surface area contributed by atoms with Gasteiger partial charge >= 0.3 is 5.97 Å². The Labute approximate surface area is 192 Å². The van der Waals surface area contributed by atoms with Crippen molar-refractivity contribution in [2.75, 3.05) is 7.11 Å². The molecule has 1 aliphatic heterocycles. The van der Waals surface area contributed by atoms with Crippen LogP contribution >= 0.6 is 0 Å². The third-order valence-corrected chi connectivity index (χ3v) is 6.67. The molecule has 170 valence electrons. The summed E-state index contributed by atoms with van der Waals surface area (Å²) in [4.78, 5) is 15.5. The number of hydrogen-bond donors (Lipinski definition) is 1. The van der Waals surface area contributed by atoms with Crippen molar-refractivity contribution >= 4 is 5.97 Å². The minimum absolute atomic E-state index is 0.00477. The summed E-state index contributed by atoms with van der Waals surface area (Å²) < 4.78 is 26.6. The third kappa shape index (κ3) is 4.56. The molecule has 5 nitrogen and oxygen atoms in total. The van der Waals surface area contributed by atoms with Crippen LogP contribution in [-0.4, -0.2) is 23.2 Å². The number of aliphatic carboxylic acids is 1. The standard InChI is InChI=1S/C27H26FNO4/c1-32-26-14-19(10-11-29-26)18-6-8-21(23(28)12-18)24-9-7-17-4-5-20(13-25(17)33-24)22(15-27(30)31)16-2-3-16/h4-6,8,10-14,16,22,24H,2-3,7,9,15H2,1H3,(H,30,31)/t22-,24?/m0/s1. The van der Waals surface area contributed by atoms with Crippen LogP contribution in [0.15, 0.2) is 54.7 Å². The van der Waals surface area contributed by atoms with Gasteiger partial charge in [-0.05, 0) is 78.0 Å². The van der Waals surface area contributed by atoms with Crippen LogP contribution in [0.25, 0.3) is 11.1 Å². The van der Waals surface area contributed by atoms with E-state index in [9.17, 15) is 9.90 Å². The van der Waals surface area contributed by atoms with Crippen molar-refractivity contribution in [3.8, 4) is 22.8 Å². The molecule has 0 bridgehead atoms. The lowest BCUT2D eigenvalue weighted by atomic mass is 9.88. The molecular formula is C27H26FNO4. The van der Waals surface area contributed by atoms with E-state index in [1.54, 1.807) is 25.4 Å². The Balaban J connectivity index is 1.38. The van der Waals surface area contributed by atoms with Crippen LogP contribution in [0.2, 0.25) is 0 Å². The molecule has 2 heterocycles. The fourth-order valence-corrected chi connectivity index (χ4v) is 4.75. The second-order valence-electron chi connectivity index (χ2n) is 8.88. The minimum atomic E-state index is -0.780. The molecular weight excluding hydrogens is 421 g/mol. The Bertz CT molecular complexity index is 1190. The van der Waals surface area contributed by atoms with Gasteiger partial charge in [0.25, 0.3) is 0 Å². The quantitative estimate of drug-likeness (QED) is 0.486. The topological polar surface area (TPSA) is 68.7 Å². The monoisotopic (exact) mass is 447 g/mol. The number of carbonyl (C=O) groups is 1. The van der Waals surface area contributed by atoms with Crippen molar-refractivity contribution in [2.45, 2.75) is 44.1 Å². The molecule has 1 aromatic heterocycles. The Morgan fingerprint density at radius 1 is 1.15 bits per heavy atom. The summed E-state index contributed by atoms with van der Waals surface area (Å²) in [6.07, 6.45) is 5.00. The maximum absolute atomic E-state index is 15.2. The van der Waals surface area contributed by atoms with Crippen LogP contribution in [0, 0.1) is 11.7 Å². The van der Waals surface area contributed by atoms with Crippen molar-refractivity contribution in [1.29, 1.82) is 0 Å². The molecule has 1 unspecified atom stereocenters. The number of benzene rings is 2. The van der Waals surface area contributed by atoms with Crippen molar-refractivity contribution in [2.24, 2.45) is 5.92 Å². The van der Waals surface area contributed by atoms with Crippen LogP contribution < -0.4 is 9.47 Å². The SMILES string of the molecule is COc1cc(-c2ccc(C3CCc4ccc([C@@H](CC(=O)O)C5CC5)cc4O3)c(F)c2)ccn1. The number of pyridine rings is 1. The van der Waals surface area contributed by atoms with Gasteiger partial charge in [-0.25, -0.2) is 9.37 Å². The highest BCUT2D eigenvalue weighted by molar-refractivity contribution is 5.68. The van der Waals surface area contributed by atoms with Gasteiger partial charge in [0.2, 0.25) is 5.88 Å². The number of ether oxygens (including phenoxy) is 2. The molecule has 2 atom stereocenters. The molecule has 2 aliphatic rings. The summed E-state index contributed by atoms with van der Waals surface area (Å²) >= 11 is 0. The van der Waals surface area contributed by atoms with E-state index in [1.807, 2.05) is 30.3 Å². The van der Waals surface area contributed by atoms with Crippen LogP contribution in [0.1, 0.15) is 54.4 Å². The highest BCUT2D eigenvalue weighted by Gasteiger charge is 2.34. The van der Waals surface area contributed by atoms with Crippen LogP contribution in [0.3, 0.4) is 0 Å². The van der Waals surface area contributed by atoms with Crippen molar-refractivity contribution in [3.05, 3.63) is 77.2 Å². The van der Waals surface area contributed by atoms with Crippen LogP contribution in [0.5, 0.6) is 11.6 Å². The van der Waals surface area contributed by atoms with Gasteiger partial charge in [-0.1, -0.05) is 24.3 Å². The van der Waals surface area contributed by atoms with E-state index in [4.69, 9.17) is 9.47 Å². The summed E-state index contributed by atoms with van der Waals surface area (Å²) in [6, 6.07) is 14.8. The maximum atomic E-state index is 15.2. The first-order chi connectivity index (χ1) is 16.0. The molecule has 1 aliphatic carbocycles. The smallest absolute Gasteiger partial charge is 0.303 e. The predicted octanol–water partition coefficient (Wildman–Crippen LogP) is 5.93. The lowest BCUT2D eigenvalue weighted by Gasteiger charge is -2.28. The lowest BCUT2D eigenvalue weighted by Crippen LogP contribution is -2.17. The summed E-state index contributed by atoms with van der Waals surface area (Å²) in [5.41, 5.74) is 4.19. The Morgan fingerprint density at radius 3 is 2.70 bits per heavy atom. The highest BCUT2D eigenvalue weighted by atomic mass is 19.1. The van der Waals surface area contributed by atoms with Gasteiger partial charge in [-0.3, -0.25) is 4.79 Å². The Hall–Kier alpha value is -3.41. The van der Waals surface area contributed by atoms with E-state index in [-0.39, 0.29) is 24.3 Å². The number of methoxy groups -OCH3 is 1. The Morgan fingerprint density at radius 2 is 1.97 bits per heavy atom. The van der Waals surface area contributed by atoms with Crippen molar-refractivity contribution < 1.29 is 23.8 Å². The summed E-state index contributed by atoms with van der Waals surface area (Å²) in [5.74, 6) is 0.557.